The lowest BCUT2D eigenvalue weighted by Gasteiger charge is -2.30. The molecule has 0 N–H and O–H groups in total. The third-order valence-electron chi connectivity index (χ3n) is 3.48. The van der Waals surface area contributed by atoms with Crippen LogP contribution in [0.3, 0.4) is 0 Å². The van der Waals surface area contributed by atoms with Crippen LogP contribution in [0.1, 0.15) is 21.6 Å². The standard InChI is InChI=1S/C15H16FNS/c1-10-7-11(2)18-15(10)17-6-5-12-8-14(16)4-3-13(12)9-17/h3-4,7-8H,5-6,9H2,1-2H3. The zero-order valence-corrected chi connectivity index (χ0v) is 11.5. The molecule has 1 aliphatic rings. The van der Waals surface area contributed by atoms with E-state index in [1.807, 2.05) is 17.4 Å². The molecule has 0 bridgehead atoms. The number of benzene rings is 1. The van der Waals surface area contributed by atoms with E-state index in [0.717, 1.165) is 25.1 Å². The Morgan fingerprint density at radius 1 is 1.17 bits per heavy atom. The predicted octanol–water partition coefficient (Wildman–Crippen LogP) is 4.07. The average molecular weight is 261 g/mol. The van der Waals surface area contributed by atoms with E-state index in [0.29, 0.717) is 0 Å². The number of hydrogen-bond acceptors (Lipinski definition) is 2. The van der Waals surface area contributed by atoms with Crippen LogP contribution in [-0.4, -0.2) is 6.54 Å². The molecular weight excluding hydrogens is 245 g/mol. The van der Waals surface area contributed by atoms with Gasteiger partial charge in [-0.1, -0.05) is 6.07 Å². The Morgan fingerprint density at radius 2 is 2.00 bits per heavy atom. The molecule has 0 unspecified atom stereocenters. The number of hydrogen-bond donors (Lipinski definition) is 0. The summed E-state index contributed by atoms with van der Waals surface area (Å²) < 4.78 is 13.2. The van der Waals surface area contributed by atoms with E-state index >= 15 is 0 Å². The van der Waals surface area contributed by atoms with Crippen LogP contribution in [-0.2, 0) is 13.0 Å². The van der Waals surface area contributed by atoms with Crippen LogP contribution in [0, 0.1) is 19.7 Å². The van der Waals surface area contributed by atoms with E-state index in [1.54, 1.807) is 12.1 Å². The van der Waals surface area contributed by atoms with Gasteiger partial charge in [-0.2, -0.15) is 0 Å². The topological polar surface area (TPSA) is 3.24 Å². The Bertz CT molecular complexity index is 588. The molecule has 0 saturated carbocycles. The second kappa shape index (κ2) is 4.39. The van der Waals surface area contributed by atoms with Crippen LogP contribution in [0.5, 0.6) is 0 Å². The summed E-state index contributed by atoms with van der Waals surface area (Å²) >= 11 is 1.85. The summed E-state index contributed by atoms with van der Waals surface area (Å²) in [7, 11) is 0. The predicted molar refractivity (Wildman–Crippen MR) is 74.9 cm³/mol. The second-order valence-electron chi connectivity index (χ2n) is 4.93. The quantitative estimate of drug-likeness (QED) is 0.748. The van der Waals surface area contributed by atoms with Crippen LogP contribution >= 0.6 is 11.3 Å². The fourth-order valence-electron chi connectivity index (χ4n) is 2.64. The highest BCUT2D eigenvalue weighted by molar-refractivity contribution is 7.16. The van der Waals surface area contributed by atoms with E-state index in [1.165, 1.54) is 21.0 Å². The third kappa shape index (κ3) is 2.03. The molecule has 3 heteroatoms. The van der Waals surface area contributed by atoms with Gasteiger partial charge in [-0.05, 0) is 55.2 Å². The molecule has 0 atom stereocenters. The number of aryl methyl sites for hydroxylation is 2. The van der Waals surface area contributed by atoms with Crippen molar-refractivity contribution >= 4 is 16.3 Å². The Hall–Kier alpha value is -1.35. The van der Waals surface area contributed by atoms with Gasteiger partial charge in [-0.15, -0.1) is 11.3 Å². The number of thiophene rings is 1. The van der Waals surface area contributed by atoms with Gasteiger partial charge in [0.1, 0.15) is 5.82 Å². The molecule has 0 fully saturated rings. The van der Waals surface area contributed by atoms with Gasteiger partial charge in [0.05, 0.1) is 5.00 Å². The van der Waals surface area contributed by atoms with Crippen molar-refractivity contribution in [1.29, 1.82) is 0 Å². The maximum absolute atomic E-state index is 13.2. The number of rotatable bonds is 1. The molecule has 1 aromatic carbocycles. The maximum atomic E-state index is 13.2. The van der Waals surface area contributed by atoms with Gasteiger partial charge in [-0.25, -0.2) is 4.39 Å². The Labute approximate surface area is 111 Å². The summed E-state index contributed by atoms with van der Waals surface area (Å²) in [6.07, 6.45) is 0.934. The summed E-state index contributed by atoms with van der Waals surface area (Å²) in [5.74, 6) is -0.120. The Kier molecular flexibility index (Phi) is 2.86. The summed E-state index contributed by atoms with van der Waals surface area (Å²) in [5, 5.41) is 1.36. The monoisotopic (exact) mass is 261 g/mol. The summed E-state index contributed by atoms with van der Waals surface area (Å²) in [4.78, 5) is 3.76. The summed E-state index contributed by atoms with van der Waals surface area (Å²) in [5.41, 5.74) is 3.77. The minimum absolute atomic E-state index is 0.120. The highest BCUT2D eigenvalue weighted by Crippen LogP contribution is 2.34. The fraction of sp³-hybridized carbons (Fsp3) is 0.333. The molecule has 0 spiro atoms. The van der Waals surface area contributed by atoms with Crippen molar-refractivity contribution in [2.45, 2.75) is 26.8 Å². The van der Waals surface area contributed by atoms with Crippen molar-refractivity contribution in [3.8, 4) is 0 Å². The number of fused-ring (bicyclic) bond motifs is 1. The lowest BCUT2D eigenvalue weighted by atomic mass is 10.00. The molecule has 2 heterocycles. The van der Waals surface area contributed by atoms with Crippen LogP contribution in [0.2, 0.25) is 0 Å². The van der Waals surface area contributed by atoms with Crippen molar-refractivity contribution in [3.63, 3.8) is 0 Å². The first kappa shape index (κ1) is 11.7. The minimum Gasteiger partial charge on any atom is -0.359 e. The lowest BCUT2D eigenvalue weighted by Crippen LogP contribution is -2.30. The fourth-order valence-corrected chi connectivity index (χ4v) is 3.68. The molecule has 18 heavy (non-hydrogen) atoms. The van der Waals surface area contributed by atoms with Crippen LogP contribution in [0.15, 0.2) is 24.3 Å². The third-order valence-corrected chi connectivity index (χ3v) is 4.70. The molecule has 0 aliphatic carbocycles. The zero-order chi connectivity index (χ0) is 12.7. The van der Waals surface area contributed by atoms with Gasteiger partial charge in [0.15, 0.2) is 0 Å². The van der Waals surface area contributed by atoms with Gasteiger partial charge < -0.3 is 4.90 Å². The summed E-state index contributed by atoms with van der Waals surface area (Å²) in [6, 6.07) is 7.40. The van der Waals surface area contributed by atoms with Gasteiger partial charge in [0, 0.05) is 18.0 Å². The highest BCUT2D eigenvalue weighted by atomic mass is 32.1. The molecule has 1 aliphatic heterocycles. The SMILES string of the molecule is Cc1cc(C)c(N2CCc3cc(F)ccc3C2)s1. The van der Waals surface area contributed by atoms with E-state index < -0.39 is 0 Å². The second-order valence-corrected chi connectivity index (χ2v) is 6.16. The Morgan fingerprint density at radius 3 is 2.72 bits per heavy atom. The lowest BCUT2D eigenvalue weighted by molar-refractivity contribution is 0.619. The van der Waals surface area contributed by atoms with Gasteiger partial charge in [0.25, 0.3) is 0 Å². The van der Waals surface area contributed by atoms with E-state index in [4.69, 9.17) is 0 Å². The maximum Gasteiger partial charge on any atom is 0.123 e. The molecule has 2 aromatic rings. The molecule has 94 valence electrons. The number of halogens is 1. The van der Waals surface area contributed by atoms with Crippen LogP contribution in [0.4, 0.5) is 9.39 Å². The number of nitrogens with zero attached hydrogens (tertiary/aromatic N) is 1. The largest absolute Gasteiger partial charge is 0.359 e. The molecule has 1 nitrogen and oxygen atoms in total. The molecule has 0 saturated heterocycles. The van der Waals surface area contributed by atoms with Crippen molar-refractivity contribution in [3.05, 3.63) is 51.7 Å². The zero-order valence-electron chi connectivity index (χ0n) is 10.7. The smallest absolute Gasteiger partial charge is 0.123 e. The van der Waals surface area contributed by atoms with Gasteiger partial charge in [-0.3, -0.25) is 0 Å². The van der Waals surface area contributed by atoms with E-state index in [9.17, 15) is 4.39 Å². The van der Waals surface area contributed by atoms with Crippen LogP contribution < -0.4 is 4.90 Å². The van der Waals surface area contributed by atoms with Crippen molar-refractivity contribution in [2.75, 3.05) is 11.4 Å². The van der Waals surface area contributed by atoms with Gasteiger partial charge in [0.2, 0.25) is 0 Å². The molecule has 3 rings (SSSR count). The normalized spacial score (nSPS) is 14.7. The highest BCUT2D eigenvalue weighted by Gasteiger charge is 2.19. The number of anilines is 1. The van der Waals surface area contributed by atoms with E-state index in [-0.39, 0.29) is 5.82 Å². The van der Waals surface area contributed by atoms with Crippen LogP contribution in [0.25, 0.3) is 0 Å². The van der Waals surface area contributed by atoms with E-state index in [2.05, 4.69) is 24.8 Å². The molecular formula is C15H16FNS. The van der Waals surface area contributed by atoms with Gasteiger partial charge >= 0.3 is 0 Å². The molecule has 1 aromatic heterocycles. The molecule has 0 radical (unpaired) electrons. The summed E-state index contributed by atoms with van der Waals surface area (Å²) in [6.45, 7) is 6.20. The average Bonchev–Trinajstić information content (AvgIpc) is 2.68. The minimum atomic E-state index is -0.120. The Balaban J connectivity index is 1.91. The first-order valence-electron chi connectivity index (χ1n) is 6.23. The van der Waals surface area contributed by atoms with Crippen molar-refractivity contribution < 1.29 is 4.39 Å². The van der Waals surface area contributed by atoms with Crippen molar-refractivity contribution in [1.82, 2.24) is 0 Å². The first-order valence-corrected chi connectivity index (χ1v) is 7.04. The first-order chi connectivity index (χ1) is 8.63. The van der Waals surface area contributed by atoms with Crippen molar-refractivity contribution in [2.24, 2.45) is 0 Å². The molecule has 0 amide bonds.